The van der Waals surface area contributed by atoms with E-state index in [1.165, 1.54) is 0 Å². The molecule has 4 heteroatoms. The second kappa shape index (κ2) is 6.40. The van der Waals surface area contributed by atoms with Crippen LogP contribution in [0, 0.1) is 5.92 Å². The fourth-order valence-electron chi connectivity index (χ4n) is 2.68. The van der Waals surface area contributed by atoms with Crippen LogP contribution in [0.2, 0.25) is 5.02 Å². The number of halogens is 1. The summed E-state index contributed by atoms with van der Waals surface area (Å²) in [5.41, 5.74) is 6.89. The highest BCUT2D eigenvalue weighted by molar-refractivity contribution is 6.31. The Hall–Kier alpha value is -1.06. The van der Waals surface area contributed by atoms with Crippen molar-refractivity contribution in [3.63, 3.8) is 0 Å². The van der Waals surface area contributed by atoms with Crippen LogP contribution in [0.25, 0.3) is 0 Å². The summed E-state index contributed by atoms with van der Waals surface area (Å²) in [4.78, 5) is 14.3. The third-order valence-electron chi connectivity index (χ3n) is 3.83. The molecule has 1 aromatic carbocycles. The number of nitrogens with zero attached hydrogens (tertiary/aromatic N) is 1. The van der Waals surface area contributed by atoms with E-state index in [9.17, 15) is 4.79 Å². The molecule has 0 aromatic heterocycles. The van der Waals surface area contributed by atoms with Gasteiger partial charge in [0, 0.05) is 30.1 Å². The van der Waals surface area contributed by atoms with Gasteiger partial charge in [-0.05, 0) is 37.8 Å². The summed E-state index contributed by atoms with van der Waals surface area (Å²) in [6, 6.07) is 7.87. The van der Waals surface area contributed by atoms with Crippen molar-refractivity contribution in [1.29, 1.82) is 0 Å². The van der Waals surface area contributed by atoms with E-state index < -0.39 is 0 Å². The summed E-state index contributed by atoms with van der Waals surface area (Å²) >= 11 is 6.15. The second-order valence-corrected chi connectivity index (χ2v) is 5.62. The maximum Gasteiger partial charge on any atom is 0.226 e. The van der Waals surface area contributed by atoms with Gasteiger partial charge in [-0.15, -0.1) is 0 Å². The molecule has 2 N–H and O–H groups in total. The molecule has 104 valence electrons. The van der Waals surface area contributed by atoms with Gasteiger partial charge in [-0.2, -0.15) is 0 Å². The number of hydrogen-bond acceptors (Lipinski definition) is 2. The lowest BCUT2D eigenvalue weighted by Crippen LogP contribution is -2.35. The van der Waals surface area contributed by atoms with E-state index in [0.717, 1.165) is 29.8 Å². The molecule has 3 nitrogen and oxygen atoms in total. The van der Waals surface area contributed by atoms with Gasteiger partial charge in [-0.25, -0.2) is 0 Å². The van der Waals surface area contributed by atoms with Gasteiger partial charge >= 0.3 is 0 Å². The first kappa shape index (κ1) is 14.4. The smallest absolute Gasteiger partial charge is 0.226 e. The number of benzene rings is 1. The van der Waals surface area contributed by atoms with Crippen LogP contribution < -0.4 is 5.73 Å². The third-order valence-corrected chi connectivity index (χ3v) is 4.20. The lowest BCUT2D eigenvalue weighted by molar-refractivity contribution is -0.135. The molecular formula is C15H21ClN2O. The maximum atomic E-state index is 12.5. The standard InChI is InChI=1S/C15H21ClN2O/c1-2-18(10-12-5-3-4-6-14(12)16)15(19)11-7-8-13(17)9-11/h3-6,11,13H,2,7-10,17H2,1H3. The minimum absolute atomic E-state index is 0.0948. The molecule has 19 heavy (non-hydrogen) atoms. The SMILES string of the molecule is CCN(Cc1ccccc1Cl)C(=O)C1CCC(N)C1. The summed E-state index contributed by atoms with van der Waals surface area (Å²) in [5.74, 6) is 0.313. The molecule has 2 atom stereocenters. The molecule has 0 bridgehead atoms. The zero-order valence-corrected chi connectivity index (χ0v) is 12.1. The lowest BCUT2D eigenvalue weighted by atomic mass is 10.1. The molecule has 0 aliphatic heterocycles. The molecule has 1 aliphatic carbocycles. The first-order chi connectivity index (χ1) is 9.11. The summed E-state index contributed by atoms with van der Waals surface area (Å²) in [7, 11) is 0. The number of carbonyl (C=O) groups is 1. The second-order valence-electron chi connectivity index (χ2n) is 5.21. The van der Waals surface area contributed by atoms with Gasteiger partial charge in [0.2, 0.25) is 5.91 Å². The first-order valence-corrected chi connectivity index (χ1v) is 7.27. The van der Waals surface area contributed by atoms with E-state index in [1.54, 1.807) is 0 Å². The van der Waals surface area contributed by atoms with Crippen molar-refractivity contribution in [2.45, 2.75) is 38.8 Å². The minimum Gasteiger partial charge on any atom is -0.338 e. The molecule has 1 aliphatic rings. The monoisotopic (exact) mass is 280 g/mol. The number of hydrogen-bond donors (Lipinski definition) is 1. The van der Waals surface area contributed by atoms with Gasteiger partial charge in [-0.1, -0.05) is 29.8 Å². The van der Waals surface area contributed by atoms with Gasteiger partial charge in [0.15, 0.2) is 0 Å². The number of carbonyl (C=O) groups excluding carboxylic acids is 1. The Morgan fingerprint density at radius 2 is 2.16 bits per heavy atom. The zero-order valence-electron chi connectivity index (χ0n) is 11.3. The molecule has 2 rings (SSSR count). The first-order valence-electron chi connectivity index (χ1n) is 6.89. The largest absolute Gasteiger partial charge is 0.338 e. The average Bonchev–Trinajstić information content (AvgIpc) is 2.84. The normalized spacial score (nSPS) is 22.5. The Morgan fingerprint density at radius 3 is 2.74 bits per heavy atom. The zero-order chi connectivity index (χ0) is 13.8. The molecular weight excluding hydrogens is 260 g/mol. The molecule has 2 unspecified atom stereocenters. The van der Waals surface area contributed by atoms with Crippen LogP contribution in [0.1, 0.15) is 31.7 Å². The van der Waals surface area contributed by atoms with E-state index in [-0.39, 0.29) is 17.9 Å². The van der Waals surface area contributed by atoms with Gasteiger partial charge in [-0.3, -0.25) is 4.79 Å². The predicted octanol–water partition coefficient (Wildman–Crippen LogP) is 2.82. The molecule has 0 saturated heterocycles. The molecule has 1 aromatic rings. The Bertz CT molecular complexity index is 450. The predicted molar refractivity (Wildman–Crippen MR) is 77.9 cm³/mol. The number of rotatable bonds is 4. The van der Waals surface area contributed by atoms with Gasteiger partial charge in [0.05, 0.1) is 0 Å². The Morgan fingerprint density at radius 1 is 1.42 bits per heavy atom. The highest BCUT2D eigenvalue weighted by Crippen LogP contribution is 2.27. The van der Waals surface area contributed by atoms with Crippen molar-refractivity contribution in [1.82, 2.24) is 4.90 Å². The Kier molecular flexibility index (Phi) is 4.83. The van der Waals surface area contributed by atoms with Crippen molar-refractivity contribution in [3.05, 3.63) is 34.9 Å². The van der Waals surface area contributed by atoms with E-state index in [1.807, 2.05) is 36.1 Å². The van der Waals surface area contributed by atoms with Gasteiger partial charge in [0.1, 0.15) is 0 Å². The molecule has 0 spiro atoms. The fourth-order valence-corrected chi connectivity index (χ4v) is 2.87. The summed E-state index contributed by atoms with van der Waals surface area (Å²) in [5, 5.41) is 0.719. The summed E-state index contributed by atoms with van der Waals surface area (Å²) in [6.07, 6.45) is 2.69. The number of amides is 1. The van der Waals surface area contributed by atoms with Crippen molar-refractivity contribution in [2.24, 2.45) is 11.7 Å². The average molecular weight is 281 g/mol. The van der Waals surface area contributed by atoms with Gasteiger partial charge < -0.3 is 10.6 Å². The lowest BCUT2D eigenvalue weighted by Gasteiger charge is -2.24. The highest BCUT2D eigenvalue weighted by Gasteiger charge is 2.30. The third kappa shape index (κ3) is 3.48. The maximum absolute atomic E-state index is 12.5. The van der Waals surface area contributed by atoms with Crippen LogP contribution >= 0.6 is 11.6 Å². The fraction of sp³-hybridized carbons (Fsp3) is 0.533. The van der Waals surface area contributed by atoms with Crippen LogP contribution in [0.5, 0.6) is 0 Å². The quantitative estimate of drug-likeness (QED) is 0.922. The minimum atomic E-state index is 0.0948. The molecule has 1 amide bonds. The van der Waals surface area contributed by atoms with Crippen molar-refractivity contribution < 1.29 is 4.79 Å². The van der Waals surface area contributed by atoms with Crippen molar-refractivity contribution >= 4 is 17.5 Å². The van der Waals surface area contributed by atoms with E-state index in [0.29, 0.717) is 13.1 Å². The van der Waals surface area contributed by atoms with E-state index in [2.05, 4.69) is 0 Å². The van der Waals surface area contributed by atoms with Crippen molar-refractivity contribution in [3.8, 4) is 0 Å². The molecule has 1 saturated carbocycles. The Balaban J connectivity index is 2.04. The van der Waals surface area contributed by atoms with Gasteiger partial charge in [0.25, 0.3) is 0 Å². The van der Waals surface area contributed by atoms with E-state index in [4.69, 9.17) is 17.3 Å². The number of nitrogens with two attached hydrogens (primary N) is 1. The summed E-state index contributed by atoms with van der Waals surface area (Å²) < 4.78 is 0. The molecule has 0 radical (unpaired) electrons. The Labute approximate surface area is 119 Å². The molecule has 1 fully saturated rings. The van der Waals surface area contributed by atoms with E-state index >= 15 is 0 Å². The van der Waals surface area contributed by atoms with Crippen LogP contribution in [0.15, 0.2) is 24.3 Å². The van der Waals surface area contributed by atoms with Crippen LogP contribution in [-0.4, -0.2) is 23.4 Å². The van der Waals surface area contributed by atoms with Crippen molar-refractivity contribution in [2.75, 3.05) is 6.54 Å². The summed E-state index contributed by atoms with van der Waals surface area (Å²) in [6.45, 7) is 3.29. The topological polar surface area (TPSA) is 46.3 Å². The molecule has 0 heterocycles. The van der Waals surface area contributed by atoms with Crippen LogP contribution in [-0.2, 0) is 11.3 Å². The highest BCUT2D eigenvalue weighted by atomic mass is 35.5. The van der Waals surface area contributed by atoms with Crippen LogP contribution in [0.4, 0.5) is 0 Å². The van der Waals surface area contributed by atoms with Crippen LogP contribution in [0.3, 0.4) is 0 Å².